The number of benzene rings is 2. The molecular weight excluding hydrogens is 352 g/mol. The van der Waals surface area contributed by atoms with Crippen molar-refractivity contribution in [2.24, 2.45) is 0 Å². The number of ether oxygens (including phenoxy) is 1. The molecule has 142 valence electrons. The quantitative estimate of drug-likeness (QED) is 0.674. The number of nitrogens with zero attached hydrogens (tertiary/aromatic N) is 2. The number of carbonyl (C=O) groups is 1. The van der Waals surface area contributed by atoms with Gasteiger partial charge in [-0.05, 0) is 54.7 Å². The summed E-state index contributed by atoms with van der Waals surface area (Å²) in [5.74, 6) is 1.80. The fourth-order valence-corrected chi connectivity index (χ4v) is 4.18. The van der Waals surface area contributed by atoms with Crippen molar-refractivity contribution in [2.45, 2.75) is 32.2 Å². The Hall–Kier alpha value is -3.08. The van der Waals surface area contributed by atoms with E-state index in [-0.39, 0.29) is 11.9 Å². The molecule has 0 spiro atoms. The Morgan fingerprint density at radius 3 is 2.71 bits per heavy atom. The molecule has 3 aromatic rings. The van der Waals surface area contributed by atoms with Crippen LogP contribution >= 0.6 is 0 Å². The lowest BCUT2D eigenvalue weighted by Gasteiger charge is -2.23. The summed E-state index contributed by atoms with van der Waals surface area (Å²) in [7, 11) is 0. The standard InChI is InChI=1S/C23H22N2O3/c1-15-13-20(24-28-15)21-3-2-11-25(21)23(26)18-7-4-16(5-8-18)19-9-6-17-10-12-27-22(17)14-19/h4-9,13-14,21H,2-3,10-12H2,1H3/t21-/m0/s1. The van der Waals surface area contributed by atoms with Crippen LogP contribution in [0.25, 0.3) is 11.1 Å². The number of carbonyl (C=O) groups excluding carboxylic acids is 1. The Balaban J connectivity index is 1.37. The number of aryl methyl sites for hydroxylation is 1. The fourth-order valence-electron chi connectivity index (χ4n) is 4.18. The van der Waals surface area contributed by atoms with Gasteiger partial charge in [-0.2, -0.15) is 0 Å². The van der Waals surface area contributed by atoms with E-state index in [2.05, 4.69) is 23.4 Å². The Kier molecular flexibility index (Phi) is 4.15. The molecule has 1 saturated heterocycles. The number of rotatable bonds is 3. The first-order valence-electron chi connectivity index (χ1n) is 9.79. The first kappa shape index (κ1) is 17.0. The predicted octanol–water partition coefficient (Wildman–Crippen LogP) is 4.56. The van der Waals surface area contributed by atoms with Gasteiger partial charge < -0.3 is 14.2 Å². The molecule has 1 aromatic heterocycles. The van der Waals surface area contributed by atoms with E-state index in [0.717, 1.165) is 60.7 Å². The molecule has 2 aliphatic heterocycles. The molecule has 0 saturated carbocycles. The summed E-state index contributed by atoms with van der Waals surface area (Å²) in [6, 6.07) is 16.1. The van der Waals surface area contributed by atoms with Crippen LogP contribution in [0, 0.1) is 6.92 Å². The SMILES string of the molecule is Cc1cc([C@@H]2CCCN2C(=O)c2ccc(-c3ccc4c(c3)OCC4)cc2)no1. The van der Waals surface area contributed by atoms with Crippen LogP contribution in [-0.4, -0.2) is 29.1 Å². The maximum atomic E-state index is 13.1. The van der Waals surface area contributed by atoms with E-state index in [1.54, 1.807) is 0 Å². The van der Waals surface area contributed by atoms with Crippen LogP contribution < -0.4 is 4.74 Å². The summed E-state index contributed by atoms with van der Waals surface area (Å²) in [4.78, 5) is 15.0. The van der Waals surface area contributed by atoms with Crippen molar-refractivity contribution in [3.8, 4) is 16.9 Å². The van der Waals surface area contributed by atoms with Crippen LogP contribution in [0.2, 0.25) is 0 Å². The Morgan fingerprint density at radius 2 is 1.93 bits per heavy atom. The Morgan fingerprint density at radius 1 is 1.11 bits per heavy atom. The normalized spacial score (nSPS) is 18.2. The van der Waals surface area contributed by atoms with Crippen molar-refractivity contribution < 1.29 is 14.1 Å². The number of likely N-dealkylation sites (tertiary alicyclic amines) is 1. The third-order valence-corrected chi connectivity index (χ3v) is 5.66. The van der Waals surface area contributed by atoms with Crippen molar-refractivity contribution >= 4 is 5.91 Å². The fraction of sp³-hybridized carbons (Fsp3) is 0.304. The molecular formula is C23H22N2O3. The molecule has 3 heterocycles. The van der Waals surface area contributed by atoms with Gasteiger partial charge in [0.15, 0.2) is 0 Å². The van der Waals surface area contributed by atoms with Gasteiger partial charge in [0.1, 0.15) is 17.2 Å². The third-order valence-electron chi connectivity index (χ3n) is 5.66. The van der Waals surface area contributed by atoms with Gasteiger partial charge in [-0.1, -0.05) is 29.4 Å². The van der Waals surface area contributed by atoms with Crippen molar-refractivity contribution in [2.75, 3.05) is 13.2 Å². The van der Waals surface area contributed by atoms with Crippen molar-refractivity contribution in [1.82, 2.24) is 10.1 Å². The molecule has 2 aliphatic rings. The van der Waals surface area contributed by atoms with Crippen LogP contribution in [0.3, 0.4) is 0 Å². The van der Waals surface area contributed by atoms with Crippen LogP contribution in [0.1, 0.15) is 46.3 Å². The van der Waals surface area contributed by atoms with Crippen molar-refractivity contribution in [3.05, 3.63) is 71.1 Å². The number of fused-ring (bicyclic) bond motifs is 1. The van der Waals surface area contributed by atoms with Gasteiger partial charge >= 0.3 is 0 Å². The summed E-state index contributed by atoms with van der Waals surface area (Å²) < 4.78 is 10.9. The van der Waals surface area contributed by atoms with E-state index in [1.165, 1.54) is 5.56 Å². The molecule has 0 bridgehead atoms. The van der Waals surface area contributed by atoms with Crippen molar-refractivity contribution in [1.29, 1.82) is 0 Å². The summed E-state index contributed by atoms with van der Waals surface area (Å²) in [6.07, 6.45) is 2.88. The Labute approximate surface area is 163 Å². The van der Waals surface area contributed by atoms with Crippen molar-refractivity contribution in [3.63, 3.8) is 0 Å². The lowest BCUT2D eigenvalue weighted by molar-refractivity contribution is 0.0731. The largest absolute Gasteiger partial charge is 0.493 e. The zero-order valence-electron chi connectivity index (χ0n) is 15.9. The molecule has 5 nitrogen and oxygen atoms in total. The second kappa shape index (κ2) is 6.82. The number of aromatic nitrogens is 1. The minimum absolute atomic E-state index is 0.00140. The topological polar surface area (TPSA) is 55.6 Å². The number of amides is 1. The molecule has 5 rings (SSSR count). The molecule has 0 N–H and O–H groups in total. The molecule has 1 fully saturated rings. The predicted molar refractivity (Wildman–Crippen MR) is 105 cm³/mol. The van der Waals surface area contributed by atoms with Gasteiger partial charge in [-0.15, -0.1) is 0 Å². The van der Waals surface area contributed by atoms with E-state index in [0.29, 0.717) is 5.56 Å². The molecule has 0 aliphatic carbocycles. The lowest BCUT2D eigenvalue weighted by atomic mass is 10.0. The lowest BCUT2D eigenvalue weighted by Crippen LogP contribution is -2.30. The molecule has 2 aromatic carbocycles. The van der Waals surface area contributed by atoms with E-state index in [9.17, 15) is 4.79 Å². The van der Waals surface area contributed by atoms with E-state index < -0.39 is 0 Å². The highest BCUT2D eigenvalue weighted by molar-refractivity contribution is 5.95. The van der Waals surface area contributed by atoms with Gasteiger partial charge in [-0.25, -0.2) is 0 Å². The maximum absolute atomic E-state index is 13.1. The highest BCUT2D eigenvalue weighted by Crippen LogP contribution is 2.34. The first-order chi connectivity index (χ1) is 13.7. The van der Waals surface area contributed by atoms with Gasteiger partial charge in [0.25, 0.3) is 5.91 Å². The third kappa shape index (κ3) is 2.97. The summed E-state index contributed by atoms with van der Waals surface area (Å²) >= 11 is 0. The first-order valence-corrected chi connectivity index (χ1v) is 9.79. The smallest absolute Gasteiger partial charge is 0.254 e. The zero-order chi connectivity index (χ0) is 19.1. The average molecular weight is 374 g/mol. The number of hydrogen-bond acceptors (Lipinski definition) is 4. The Bertz CT molecular complexity index is 1020. The van der Waals surface area contributed by atoms with Crippen LogP contribution in [0.5, 0.6) is 5.75 Å². The minimum Gasteiger partial charge on any atom is -0.493 e. The summed E-state index contributed by atoms with van der Waals surface area (Å²) in [5.41, 5.74) is 5.00. The van der Waals surface area contributed by atoms with Gasteiger partial charge in [0, 0.05) is 24.6 Å². The molecule has 5 heteroatoms. The van der Waals surface area contributed by atoms with Crippen LogP contribution in [0.15, 0.2) is 53.1 Å². The highest BCUT2D eigenvalue weighted by atomic mass is 16.5. The minimum atomic E-state index is -0.00140. The maximum Gasteiger partial charge on any atom is 0.254 e. The van der Waals surface area contributed by atoms with Crippen LogP contribution in [0.4, 0.5) is 0 Å². The number of hydrogen-bond donors (Lipinski definition) is 0. The van der Waals surface area contributed by atoms with E-state index in [1.807, 2.05) is 42.2 Å². The molecule has 1 amide bonds. The van der Waals surface area contributed by atoms with E-state index >= 15 is 0 Å². The average Bonchev–Trinajstić information content (AvgIpc) is 3.47. The molecule has 28 heavy (non-hydrogen) atoms. The van der Waals surface area contributed by atoms with Gasteiger partial charge in [-0.3, -0.25) is 4.79 Å². The van der Waals surface area contributed by atoms with Gasteiger partial charge in [0.2, 0.25) is 0 Å². The molecule has 1 atom stereocenters. The monoisotopic (exact) mass is 374 g/mol. The summed E-state index contributed by atoms with van der Waals surface area (Å²) in [5, 5.41) is 4.13. The van der Waals surface area contributed by atoms with E-state index in [4.69, 9.17) is 9.26 Å². The van der Waals surface area contributed by atoms with Crippen LogP contribution in [-0.2, 0) is 6.42 Å². The van der Waals surface area contributed by atoms with Gasteiger partial charge in [0.05, 0.1) is 12.6 Å². The zero-order valence-corrected chi connectivity index (χ0v) is 15.9. The molecule has 0 unspecified atom stereocenters. The second-order valence-corrected chi connectivity index (χ2v) is 7.52. The molecule has 0 radical (unpaired) electrons. The summed E-state index contributed by atoms with van der Waals surface area (Å²) in [6.45, 7) is 3.38. The second-order valence-electron chi connectivity index (χ2n) is 7.52. The highest BCUT2D eigenvalue weighted by Gasteiger charge is 2.32.